The lowest BCUT2D eigenvalue weighted by molar-refractivity contribution is 0.0953. The summed E-state index contributed by atoms with van der Waals surface area (Å²) in [6, 6.07) is 10.5. The molecule has 8 nitrogen and oxygen atoms in total. The quantitative estimate of drug-likeness (QED) is 0.615. The van der Waals surface area contributed by atoms with Crippen molar-refractivity contribution in [3.63, 3.8) is 0 Å². The molecule has 0 radical (unpaired) electrons. The molecule has 4 rings (SSSR count). The molecular weight excluding hydrogens is 396 g/mol. The van der Waals surface area contributed by atoms with E-state index in [2.05, 4.69) is 20.8 Å². The Kier molecular flexibility index (Phi) is 5.79. The number of methoxy groups -OCH3 is 1. The number of anilines is 1. The Balaban J connectivity index is 1.56. The molecule has 0 aliphatic heterocycles. The predicted molar refractivity (Wildman–Crippen MR) is 116 cm³/mol. The number of furan rings is 1. The van der Waals surface area contributed by atoms with E-state index in [1.807, 2.05) is 6.92 Å². The molecule has 0 bridgehead atoms. The van der Waals surface area contributed by atoms with Crippen LogP contribution in [0.15, 0.2) is 58.3 Å². The molecule has 0 spiro atoms. The minimum absolute atomic E-state index is 0.237. The molecule has 3 aromatic rings. The van der Waals surface area contributed by atoms with E-state index in [0.717, 1.165) is 12.0 Å². The molecule has 158 valence electrons. The van der Waals surface area contributed by atoms with Gasteiger partial charge in [0.15, 0.2) is 5.76 Å². The van der Waals surface area contributed by atoms with Gasteiger partial charge < -0.3 is 14.5 Å². The number of rotatable bonds is 5. The molecule has 2 N–H and O–H groups in total. The van der Waals surface area contributed by atoms with Gasteiger partial charge >= 0.3 is 0 Å². The van der Waals surface area contributed by atoms with E-state index >= 15 is 0 Å². The molecule has 8 heteroatoms. The number of hydrogen-bond donors (Lipinski definition) is 2. The van der Waals surface area contributed by atoms with Crippen molar-refractivity contribution >= 4 is 23.2 Å². The van der Waals surface area contributed by atoms with Gasteiger partial charge in [0.2, 0.25) is 0 Å². The third-order valence-corrected chi connectivity index (χ3v) is 5.08. The third kappa shape index (κ3) is 4.32. The van der Waals surface area contributed by atoms with Crippen LogP contribution >= 0.6 is 0 Å². The molecule has 1 aliphatic carbocycles. The number of nitrogens with one attached hydrogen (secondary N) is 2. The lowest BCUT2D eigenvalue weighted by Crippen LogP contribution is -2.22. The zero-order valence-corrected chi connectivity index (χ0v) is 17.3. The van der Waals surface area contributed by atoms with Crippen LogP contribution in [0, 0.1) is 6.92 Å². The molecule has 1 aromatic carbocycles. The monoisotopic (exact) mass is 418 g/mol. The van der Waals surface area contributed by atoms with Crippen LogP contribution in [0.4, 0.5) is 5.69 Å². The van der Waals surface area contributed by atoms with E-state index in [1.54, 1.807) is 49.7 Å². The average Bonchev–Trinajstić information content (AvgIpc) is 3.15. The molecular formula is C23H22N4O4. The van der Waals surface area contributed by atoms with E-state index in [4.69, 9.17) is 9.15 Å². The van der Waals surface area contributed by atoms with Gasteiger partial charge in [-0.15, -0.1) is 0 Å². The first-order valence-corrected chi connectivity index (χ1v) is 9.91. The fourth-order valence-corrected chi connectivity index (χ4v) is 3.57. The first-order valence-electron chi connectivity index (χ1n) is 9.91. The molecule has 2 amide bonds. The number of aromatic nitrogens is 1. The van der Waals surface area contributed by atoms with Gasteiger partial charge in [-0.2, -0.15) is 5.10 Å². The Labute approximate surface area is 179 Å². The number of hydrazone groups is 1. The molecule has 2 heterocycles. The molecule has 0 fully saturated rings. The number of fused-ring (bicyclic) bond motifs is 1. The first kappa shape index (κ1) is 20.3. The molecule has 31 heavy (non-hydrogen) atoms. The van der Waals surface area contributed by atoms with E-state index < -0.39 is 0 Å². The van der Waals surface area contributed by atoms with Gasteiger partial charge in [0, 0.05) is 41.7 Å². The summed E-state index contributed by atoms with van der Waals surface area (Å²) in [5.41, 5.74) is 5.79. The van der Waals surface area contributed by atoms with Gasteiger partial charge in [-0.3, -0.25) is 14.6 Å². The molecule has 0 saturated heterocycles. The molecule has 0 unspecified atom stereocenters. The Hall–Kier alpha value is -3.94. The van der Waals surface area contributed by atoms with Crippen molar-refractivity contribution in [1.29, 1.82) is 0 Å². The largest absolute Gasteiger partial charge is 0.497 e. The molecule has 2 aromatic heterocycles. The second-order valence-electron chi connectivity index (χ2n) is 7.14. The zero-order chi connectivity index (χ0) is 21.8. The summed E-state index contributed by atoms with van der Waals surface area (Å²) < 4.78 is 11.1. The van der Waals surface area contributed by atoms with E-state index in [1.165, 1.54) is 6.20 Å². The van der Waals surface area contributed by atoms with Crippen molar-refractivity contribution in [2.45, 2.75) is 26.2 Å². The van der Waals surface area contributed by atoms with Gasteiger partial charge in [-0.25, -0.2) is 5.43 Å². The number of carbonyl (C=O) groups excluding carboxylic acids is 2. The third-order valence-electron chi connectivity index (χ3n) is 5.08. The lowest BCUT2D eigenvalue weighted by Gasteiger charge is -2.13. The maximum atomic E-state index is 12.8. The van der Waals surface area contributed by atoms with Crippen LogP contribution in [0.3, 0.4) is 0 Å². The summed E-state index contributed by atoms with van der Waals surface area (Å²) in [6.45, 7) is 1.83. The highest BCUT2D eigenvalue weighted by atomic mass is 16.5. The number of benzene rings is 1. The highest BCUT2D eigenvalue weighted by molar-refractivity contribution is 6.09. The topological polar surface area (TPSA) is 106 Å². The second-order valence-corrected chi connectivity index (χ2v) is 7.14. The summed E-state index contributed by atoms with van der Waals surface area (Å²) in [6.07, 6.45) is 5.28. The van der Waals surface area contributed by atoms with Crippen LogP contribution in [0.25, 0.3) is 0 Å². The van der Waals surface area contributed by atoms with Crippen LogP contribution in [0.5, 0.6) is 5.75 Å². The number of pyridine rings is 1. The van der Waals surface area contributed by atoms with Gasteiger partial charge in [-0.1, -0.05) is 6.07 Å². The summed E-state index contributed by atoms with van der Waals surface area (Å²) in [4.78, 5) is 29.1. The van der Waals surface area contributed by atoms with Crippen molar-refractivity contribution in [3.05, 3.63) is 77.0 Å². The lowest BCUT2D eigenvalue weighted by atomic mass is 9.93. The maximum Gasteiger partial charge on any atom is 0.291 e. The Bertz CT molecular complexity index is 1150. The number of amides is 2. The second kappa shape index (κ2) is 8.83. The summed E-state index contributed by atoms with van der Waals surface area (Å²) in [7, 11) is 1.57. The average molecular weight is 418 g/mol. The zero-order valence-electron chi connectivity index (χ0n) is 17.3. The van der Waals surface area contributed by atoms with Crippen LogP contribution < -0.4 is 15.5 Å². The molecule has 1 aliphatic rings. The van der Waals surface area contributed by atoms with E-state index in [9.17, 15) is 9.59 Å². The first-order chi connectivity index (χ1) is 15.1. The van der Waals surface area contributed by atoms with Gasteiger partial charge in [0.05, 0.1) is 18.4 Å². The SMILES string of the molecule is COc1cccc(NC(=O)c2oc3c(c2C)/C(=N/NC(=O)c2cccnc2)CCC3)c1. The van der Waals surface area contributed by atoms with Crippen LogP contribution in [-0.2, 0) is 6.42 Å². The normalized spacial score (nSPS) is 14.1. The Morgan fingerprint density at radius 2 is 2.03 bits per heavy atom. The summed E-state index contributed by atoms with van der Waals surface area (Å²) in [5.74, 6) is 0.894. The fraction of sp³-hybridized carbons (Fsp3) is 0.217. The molecule has 0 atom stereocenters. The van der Waals surface area contributed by atoms with Gasteiger partial charge in [0.1, 0.15) is 11.5 Å². The predicted octanol–water partition coefficient (Wildman–Crippen LogP) is 3.71. The van der Waals surface area contributed by atoms with Crippen LogP contribution in [-0.4, -0.2) is 29.6 Å². The number of hydrogen-bond acceptors (Lipinski definition) is 6. The van der Waals surface area contributed by atoms with Crippen LogP contribution in [0.1, 0.15) is 50.6 Å². The van der Waals surface area contributed by atoms with Gasteiger partial charge in [-0.05, 0) is 44.0 Å². The Morgan fingerprint density at radius 1 is 1.16 bits per heavy atom. The number of ether oxygens (including phenoxy) is 1. The summed E-state index contributed by atoms with van der Waals surface area (Å²) >= 11 is 0. The number of carbonyl (C=O) groups is 2. The molecule has 0 saturated carbocycles. The number of aryl methyl sites for hydroxylation is 1. The standard InChI is InChI=1S/C23H22N4O4/c1-14-20-18(26-27-22(28)15-6-5-11-24-13-15)9-4-10-19(20)31-21(14)23(29)25-16-7-3-8-17(12-16)30-2/h3,5-8,11-13H,4,9-10H2,1-2H3,(H,25,29)(H,27,28)/b26-18+. The fourth-order valence-electron chi connectivity index (χ4n) is 3.57. The van der Waals surface area contributed by atoms with E-state index in [0.29, 0.717) is 46.9 Å². The van der Waals surface area contributed by atoms with Crippen molar-refractivity contribution in [2.75, 3.05) is 12.4 Å². The van der Waals surface area contributed by atoms with Crippen molar-refractivity contribution in [1.82, 2.24) is 10.4 Å². The smallest absolute Gasteiger partial charge is 0.291 e. The highest BCUT2D eigenvalue weighted by Crippen LogP contribution is 2.30. The Morgan fingerprint density at radius 3 is 2.81 bits per heavy atom. The summed E-state index contributed by atoms with van der Waals surface area (Å²) in [5, 5.41) is 7.16. The minimum atomic E-state index is -0.348. The van der Waals surface area contributed by atoms with Gasteiger partial charge in [0.25, 0.3) is 11.8 Å². The minimum Gasteiger partial charge on any atom is -0.497 e. The van der Waals surface area contributed by atoms with Crippen molar-refractivity contribution in [3.8, 4) is 5.75 Å². The van der Waals surface area contributed by atoms with E-state index in [-0.39, 0.29) is 17.6 Å². The highest BCUT2D eigenvalue weighted by Gasteiger charge is 2.28. The van der Waals surface area contributed by atoms with Crippen LogP contribution in [0.2, 0.25) is 0 Å². The number of nitrogens with zero attached hydrogens (tertiary/aromatic N) is 2. The van der Waals surface area contributed by atoms with Crippen molar-refractivity contribution in [2.24, 2.45) is 5.10 Å². The maximum absolute atomic E-state index is 12.8. The van der Waals surface area contributed by atoms with Crippen molar-refractivity contribution < 1.29 is 18.7 Å².